The lowest BCUT2D eigenvalue weighted by Crippen LogP contribution is -2.28. The maximum Gasteiger partial charge on any atom is 0.128 e. The monoisotopic (exact) mass is 210 g/mol. The number of hydrogen-bond donors (Lipinski definition) is 2. The predicted octanol–water partition coefficient (Wildman–Crippen LogP) is 1.88. The van der Waals surface area contributed by atoms with Gasteiger partial charge in [-0.25, -0.2) is 8.78 Å². The van der Waals surface area contributed by atoms with Crippen LogP contribution in [0, 0.1) is 23.5 Å². The third-order valence-electron chi connectivity index (χ3n) is 2.02. The second-order valence-electron chi connectivity index (χ2n) is 3.02. The van der Waals surface area contributed by atoms with Gasteiger partial charge in [0.15, 0.2) is 0 Å². The second kappa shape index (κ2) is 5.44. The van der Waals surface area contributed by atoms with E-state index in [-0.39, 0.29) is 5.56 Å². The lowest BCUT2D eigenvalue weighted by molar-refractivity contribution is 0.512. The van der Waals surface area contributed by atoms with Crippen LogP contribution in [0.2, 0.25) is 0 Å². The van der Waals surface area contributed by atoms with Crippen molar-refractivity contribution in [2.24, 2.45) is 5.84 Å². The maximum absolute atomic E-state index is 13.3. The second-order valence-corrected chi connectivity index (χ2v) is 3.02. The standard InChI is InChI=1S/C11H12F2N2/c1-2-3-4-11(15-14)9-7-8(12)5-6-10(9)13/h5-7,11,15H,4,14H2,1H3. The average molecular weight is 210 g/mol. The molecular weight excluding hydrogens is 198 g/mol. The van der Waals surface area contributed by atoms with Crippen molar-refractivity contribution in [2.45, 2.75) is 19.4 Å². The topological polar surface area (TPSA) is 38.0 Å². The largest absolute Gasteiger partial charge is 0.271 e. The summed E-state index contributed by atoms with van der Waals surface area (Å²) in [6.45, 7) is 1.68. The molecule has 0 saturated heterocycles. The first-order valence-electron chi connectivity index (χ1n) is 4.49. The van der Waals surface area contributed by atoms with E-state index in [4.69, 9.17) is 5.84 Å². The van der Waals surface area contributed by atoms with Crippen LogP contribution in [0.1, 0.15) is 24.9 Å². The molecule has 0 heterocycles. The molecule has 80 valence electrons. The molecule has 1 unspecified atom stereocenters. The fourth-order valence-electron chi connectivity index (χ4n) is 1.24. The molecule has 2 nitrogen and oxygen atoms in total. The molecule has 0 fully saturated rings. The summed E-state index contributed by atoms with van der Waals surface area (Å²) in [7, 11) is 0. The van der Waals surface area contributed by atoms with Crippen LogP contribution in [0.15, 0.2) is 18.2 Å². The van der Waals surface area contributed by atoms with E-state index in [0.717, 1.165) is 18.2 Å². The molecule has 1 rings (SSSR count). The molecule has 0 radical (unpaired) electrons. The highest BCUT2D eigenvalue weighted by atomic mass is 19.1. The van der Waals surface area contributed by atoms with Gasteiger partial charge < -0.3 is 0 Å². The number of rotatable bonds is 3. The van der Waals surface area contributed by atoms with Crippen LogP contribution < -0.4 is 11.3 Å². The van der Waals surface area contributed by atoms with Gasteiger partial charge in [0.2, 0.25) is 0 Å². The van der Waals surface area contributed by atoms with Crippen molar-refractivity contribution in [2.75, 3.05) is 0 Å². The third kappa shape index (κ3) is 3.01. The first kappa shape index (κ1) is 11.6. The summed E-state index contributed by atoms with van der Waals surface area (Å²) in [5.41, 5.74) is 2.61. The van der Waals surface area contributed by atoms with Gasteiger partial charge in [0.1, 0.15) is 11.6 Å². The van der Waals surface area contributed by atoms with E-state index >= 15 is 0 Å². The molecule has 0 spiro atoms. The Bertz CT molecular complexity index is 393. The van der Waals surface area contributed by atoms with E-state index in [1.165, 1.54) is 0 Å². The van der Waals surface area contributed by atoms with E-state index in [1.54, 1.807) is 6.92 Å². The molecular formula is C11H12F2N2. The Balaban J connectivity index is 2.98. The number of halogens is 2. The smallest absolute Gasteiger partial charge is 0.128 e. The zero-order valence-electron chi connectivity index (χ0n) is 8.35. The Morgan fingerprint density at radius 3 is 2.80 bits per heavy atom. The van der Waals surface area contributed by atoms with Crippen LogP contribution >= 0.6 is 0 Å². The summed E-state index contributed by atoms with van der Waals surface area (Å²) in [6.07, 6.45) is 0.341. The van der Waals surface area contributed by atoms with Gasteiger partial charge >= 0.3 is 0 Å². The molecule has 0 aromatic heterocycles. The van der Waals surface area contributed by atoms with Crippen LogP contribution in [0.5, 0.6) is 0 Å². The highest BCUT2D eigenvalue weighted by molar-refractivity contribution is 5.23. The Kier molecular flexibility index (Phi) is 4.22. The SMILES string of the molecule is CC#CCC(NN)c1cc(F)ccc1F. The summed E-state index contributed by atoms with van der Waals surface area (Å²) < 4.78 is 26.2. The zero-order chi connectivity index (χ0) is 11.3. The molecule has 3 N–H and O–H groups in total. The zero-order valence-corrected chi connectivity index (χ0v) is 8.35. The van der Waals surface area contributed by atoms with Crippen molar-refractivity contribution in [3.63, 3.8) is 0 Å². The quantitative estimate of drug-likeness (QED) is 0.454. The van der Waals surface area contributed by atoms with Crippen LogP contribution in [-0.4, -0.2) is 0 Å². The Morgan fingerprint density at radius 1 is 1.47 bits per heavy atom. The van der Waals surface area contributed by atoms with Crippen molar-refractivity contribution in [1.29, 1.82) is 0 Å². The summed E-state index contributed by atoms with van der Waals surface area (Å²) in [4.78, 5) is 0. The fraction of sp³-hybridized carbons (Fsp3) is 0.273. The van der Waals surface area contributed by atoms with Crippen molar-refractivity contribution >= 4 is 0 Å². The first-order chi connectivity index (χ1) is 7.19. The molecule has 1 aromatic carbocycles. The van der Waals surface area contributed by atoms with Gasteiger partial charge in [0.05, 0.1) is 6.04 Å². The van der Waals surface area contributed by atoms with Gasteiger partial charge in [-0.3, -0.25) is 11.3 Å². The van der Waals surface area contributed by atoms with Crippen LogP contribution in [0.25, 0.3) is 0 Å². The highest BCUT2D eigenvalue weighted by Gasteiger charge is 2.13. The molecule has 4 heteroatoms. The van der Waals surface area contributed by atoms with Crippen LogP contribution in [0.4, 0.5) is 8.78 Å². The minimum absolute atomic E-state index is 0.195. The van der Waals surface area contributed by atoms with Gasteiger partial charge in [-0.1, -0.05) is 0 Å². The molecule has 0 saturated carbocycles. The number of nitrogens with two attached hydrogens (primary N) is 1. The molecule has 0 aliphatic rings. The van der Waals surface area contributed by atoms with Crippen molar-refractivity contribution < 1.29 is 8.78 Å². The summed E-state index contributed by atoms with van der Waals surface area (Å²) in [5, 5.41) is 0. The number of nitrogens with one attached hydrogen (secondary N) is 1. The predicted molar refractivity (Wildman–Crippen MR) is 54.5 cm³/mol. The molecule has 15 heavy (non-hydrogen) atoms. The van der Waals surface area contributed by atoms with Crippen LogP contribution in [0.3, 0.4) is 0 Å². The summed E-state index contributed by atoms with van der Waals surface area (Å²) >= 11 is 0. The first-order valence-corrected chi connectivity index (χ1v) is 4.49. The molecule has 0 amide bonds. The Hall–Kier alpha value is -1.44. The van der Waals surface area contributed by atoms with Gasteiger partial charge in [0.25, 0.3) is 0 Å². The third-order valence-corrected chi connectivity index (χ3v) is 2.02. The van der Waals surface area contributed by atoms with E-state index in [1.807, 2.05) is 0 Å². The summed E-state index contributed by atoms with van der Waals surface area (Å²) in [6, 6.07) is 2.77. The number of hydrazine groups is 1. The van der Waals surface area contributed by atoms with Crippen LogP contribution in [-0.2, 0) is 0 Å². The van der Waals surface area contributed by atoms with E-state index in [9.17, 15) is 8.78 Å². The lowest BCUT2D eigenvalue weighted by Gasteiger charge is -2.14. The van der Waals surface area contributed by atoms with Crippen molar-refractivity contribution in [3.8, 4) is 11.8 Å². The minimum Gasteiger partial charge on any atom is -0.271 e. The minimum atomic E-state index is -0.492. The van der Waals surface area contributed by atoms with Gasteiger partial charge in [-0.15, -0.1) is 11.8 Å². The van der Waals surface area contributed by atoms with Gasteiger partial charge in [-0.2, -0.15) is 0 Å². The van der Waals surface area contributed by atoms with Gasteiger partial charge in [-0.05, 0) is 25.1 Å². The molecule has 0 aliphatic carbocycles. The average Bonchev–Trinajstić information content (AvgIpc) is 2.24. The Morgan fingerprint density at radius 2 is 2.20 bits per heavy atom. The molecule has 0 bridgehead atoms. The molecule has 1 atom stereocenters. The lowest BCUT2D eigenvalue weighted by atomic mass is 10.0. The van der Waals surface area contributed by atoms with Crippen molar-refractivity contribution in [1.82, 2.24) is 5.43 Å². The van der Waals surface area contributed by atoms with Gasteiger partial charge in [0, 0.05) is 12.0 Å². The summed E-state index contributed by atoms with van der Waals surface area (Å²) in [5.74, 6) is 9.72. The van der Waals surface area contributed by atoms with E-state index in [2.05, 4.69) is 17.3 Å². The van der Waals surface area contributed by atoms with E-state index in [0.29, 0.717) is 6.42 Å². The van der Waals surface area contributed by atoms with Crippen molar-refractivity contribution in [3.05, 3.63) is 35.4 Å². The molecule has 0 aliphatic heterocycles. The fourth-order valence-corrected chi connectivity index (χ4v) is 1.24. The normalized spacial score (nSPS) is 11.7. The number of benzene rings is 1. The number of hydrogen-bond acceptors (Lipinski definition) is 2. The molecule has 1 aromatic rings. The maximum atomic E-state index is 13.3. The van der Waals surface area contributed by atoms with E-state index < -0.39 is 17.7 Å². The Labute approximate surface area is 87.4 Å². The highest BCUT2D eigenvalue weighted by Crippen LogP contribution is 2.20.